The highest BCUT2D eigenvalue weighted by atomic mass is 19.1. The van der Waals surface area contributed by atoms with Gasteiger partial charge in [-0.1, -0.05) is 6.92 Å². The van der Waals surface area contributed by atoms with Gasteiger partial charge in [0.05, 0.1) is 11.3 Å². The first-order valence-corrected chi connectivity index (χ1v) is 6.46. The van der Waals surface area contributed by atoms with E-state index in [-0.39, 0.29) is 11.7 Å². The fraction of sp³-hybridized carbons (Fsp3) is 0.500. The standard InChI is InChI=1S/C14H17F2NO2/c1-8-2-4-9(5-3-8)17-13-6-10(14(18)19)11(15)7-12(13)16/h6-9,17H,2-5H2,1H3,(H,18,19). The number of carbonyl (C=O) groups is 1. The van der Waals surface area contributed by atoms with E-state index in [0.29, 0.717) is 12.0 Å². The van der Waals surface area contributed by atoms with Gasteiger partial charge in [-0.2, -0.15) is 0 Å². The van der Waals surface area contributed by atoms with Crippen molar-refractivity contribution in [1.29, 1.82) is 0 Å². The van der Waals surface area contributed by atoms with E-state index in [1.807, 2.05) is 0 Å². The van der Waals surface area contributed by atoms with Gasteiger partial charge in [0.2, 0.25) is 0 Å². The van der Waals surface area contributed by atoms with Crippen molar-refractivity contribution in [3.63, 3.8) is 0 Å². The van der Waals surface area contributed by atoms with Gasteiger partial charge in [0, 0.05) is 12.1 Å². The second kappa shape index (κ2) is 5.55. The highest BCUT2D eigenvalue weighted by Crippen LogP contribution is 2.28. The van der Waals surface area contributed by atoms with Crippen molar-refractivity contribution in [3.05, 3.63) is 29.3 Å². The summed E-state index contributed by atoms with van der Waals surface area (Å²) in [5.41, 5.74) is -0.438. The second-order valence-electron chi connectivity index (χ2n) is 5.22. The van der Waals surface area contributed by atoms with E-state index < -0.39 is 23.2 Å². The molecule has 0 aromatic heterocycles. The maximum atomic E-state index is 13.6. The second-order valence-corrected chi connectivity index (χ2v) is 5.22. The molecule has 1 aliphatic carbocycles. The van der Waals surface area contributed by atoms with Crippen LogP contribution in [0.1, 0.15) is 43.0 Å². The van der Waals surface area contributed by atoms with Crippen LogP contribution >= 0.6 is 0 Å². The molecule has 0 unspecified atom stereocenters. The van der Waals surface area contributed by atoms with Crippen molar-refractivity contribution >= 4 is 11.7 Å². The van der Waals surface area contributed by atoms with E-state index in [1.54, 1.807) is 0 Å². The lowest BCUT2D eigenvalue weighted by atomic mass is 9.87. The SMILES string of the molecule is CC1CCC(Nc2cc(C(=O)O)c(F)cc2F)CC1. The summed E-state index contributed by atoms with van der Waals surface area (Å²) in [5, 5.41) is 11.8. The summed E-state index contributed by atoms with van der Waals surface area (Å²) in [6.07, 6.45) is 3.96. The molecular weight excluding hydrogens is 252 g/mol. The van der Waals surface area contributed by atoms with Crippen LogP contribution in [0.25, 0.3) is 0 Å². The maximum Gasteiger partial charge on any atom is 0.338 e. The Morgan fingerprint density at radius 3 is 2.42 bits per heavy atom. The molecular formula is C14H17F2NO2. The summed E-state index contributed by atoms with van der Waals surface area (Å²) in [7, 11) is 0. The molecule has 2 rings (SSSR count). The minimum absolute atomic E-state index is 0.0679. The Hall–Kier alpha value is -1.65. The van der Waals surface area contributed by atoms with E-state index in [9.17, 15) is 13.6 Å². The van der Waals surface area contributed by atoms with Crippen molar-refractivity contribution in [2.45, 2.75) is 38.6 Å². The average Bonchev–Trinajstić information content (AvgIpc) is 2.34. The predicted octanol–water partition coefficient (Wildman–Crippen LogP) is 3.65. The summed E-state index contributed by atoms with van der Waals surface area (Å²) in [5.74, 6) is -2.52. The minimum atomic E-state index is -1.39. The quantitative estimate of drug-likeness (QED) is 0.880. The number of nitrogens with one attached hydrogen (secondary N) is 1. The number of halogens is 2. The summed E-state index contributed by atoms with van der Waals surface area (Å²) >= 11 is 0. The van der Waals surface area contributed by atoms with Crippen molar-refractivity contribution < 1.29 is 18.7 Å². The molecule has 104 valence electrons. The van der Waals surface area contributed by atoms with E-state index in [1.165, 1.54) is 0 Å². The van der Waals surface area contributed by atoms with Crippen molar-refractivity contribution in [3.8, 4) is 0 Å². The molecule has 1 aromatic carbocycles. The van der Waals surface area contributed by atoms with Crippen LogP contribution in [-0.4, -0.2) is 17.1 Å². The van der Waals surface area contributed by atoms with E-state index in [2.05, 4.69) is 12.2 Å². The minimum Gasteiger partial charge on any atom is -0.478 e. The number of hydrogen-bond acceptors (Lipinski definition) is 2. The molecule has 1 aliphatic rings. The molecule has 0 radical (unpaired) electrons. The van der Waals surface area contributed by atoms with Gasteiger partial charge in [-0.25, -0.2) is 13.6 Å². The van der Waals surface area contributed by atoms with Crippen LogP contribution < -0.4 is 5.32 Å². The van der Waals surface area contributed by atoms with Crippen molar-refractivity contribution in [1.82, 2.24) is 0 Å². The topological polar surface area (TPSA) is 49.3 Å². The number of carboxylic acids is 1. The van der Waals surface area contributed by atoms with Gasteiger partial charge in [-0.05, 0) is 37.7 Å². The van der Waals surface area contributed by atoms with Crippen LogP contribution in [0.3, 0.4) is 0 Å². The monoisotopic (exact) mass is 269 g/mol. The highest BCUT2D eigenvalue weighted by Gasteiger charge is 2.21. The number of aromatic carboxylic acids is 1. The van der Waals surface area contributed by atoms with Gasteiger partial charge < -0.3 is 10.4 Å². The third-order valence-electron chi connectivity index (χ3n) is 3.66. The molecule has 0 saturated heterocycles. The van der Waals surface area contributed by atoms with Gasteiger partial charge in [-0.3, -0.25) is 0 Å². The molecule has 3 nitrogen and oxygen atoms in total. The third kappa shape index (κ3) is 3.22. The van der Waals surface area contributed by atoms with Crippen molar-refractivity contribution in [2.24, 2.45) is 5.92 Å². The number of hydrogen-bond donors (Lipinski definition) is 2. The highest BCUT2D eigenvalue weighted by molar-refractivity contribution is 5.89. The molecule has 0 bridgehead atoms. The Labute approximate surface area is 110 Å². The van der Waals surface area contributed by atoms with Crippen LogP contribution in [0, 0.1) is 17.6 Å². The Morgan fingerprint density at radius 1 is 1.21 bits per heavy atom. The summed E-state index contributed by atoms with van der Waals surface area (Å²) in [6, 6.07) is 1.78. The lowest BCUT2D eigenvalue weighted by molar-refractivity contribution is 0.0692. The lowest BCUT2D eigenvalue weighted by Gasteiger charge is -2.28. The van der Waals surface area contributed by atoms with Crippen LogP contribution in [-0.2, 0) is 0 Å². The molecule has 19 heavy (non-hydrogen) atoms. The van der Waals surface area contributed by atoms with Gasteiger partial charge >= 0.3 is 5.97 Å². The number of rotatable bonds is 3. The molecule has 1 aromatic rings. The van der Waals surface area contributed by atoms with Gasteiger partial charge in [0.25, 0.3) is 0 Å². The largest absolute Gasteiger partial charge is 0.478 e. The zero-order valence-corrected chi connectivity index (χ0v) is 10.7. The van der Waals surface area contributed by atoms with Crippen LogP contribution in [0.2, 0.25) is 0 Å². The van der Waals surface area contributed by atoms with Crippen molar-refractivity contribution in [2.75, 3.05) is 5.32 Å². The smallest absolute Gasteiger partial charge is 0.338 e. The molecule has 1 saturated carbocycles. The maximum absolute atomic E-state index is 13.6. The Bertz CT molecular complexity index is 483. The average molecular weight is 269 g/mol. The fourth-order valence-electron chi connectivity index (χ4n) is 2.45. The zero-order valence-electron chi connectivity index (χ0n) is 10.7. The van der Waals surface area contributed by atoms with E-state index in [4.69, 9.17) is 5.11 Å². The Balaban J connectivity index is 2.15. The molecule has 2 N–H and O–H groups in total. The molecule has 0 heterocycles. The third-order valence-corrected chi connectivity index (χ3v) is 3.66. The number of carboxylic acid groups (broad SMARTS) is 1. The fourth-order valence-corrected chi connectivity index (χ4v) is 2.45. The van der Waals surface area contributed by atoms with Gasteiger partial charge in [-0.15, -0.1) is 0 Å². The Morgan fingerprint density at radius 2 is 1.84 bits per heavy atom. The first-order chi connectivity index (χ1) is 8.97. The van der Waals surface area contributed by atoms with Crippen LogP contribution in [0.15, 0.2) is 12.1 Å². The zero-order chi connectivity index (χ0) is 14.0. The number of benzene rings is 1. The molecule has 0 amide bonds. The summed E-state index contributed by atoms with van der Waals surface area (Å²) < 4.78 is 26.9. The predicted molar refractivity (Wildman–Crippen MR) is 68.4 cm³/mol. The van der Waals surface area contributed by atoms with Crippen LogP contribution in [0.5, 0.6) is 0 Å². The first kappa shape index (κ1) is 13.8. The van der Waals surface area contributed by atoms with Gasteiger partial charge in [0.15, 0.2) is 0 Å². The normalized spacial score (nSPS) is 23.1. The summed E-state index contributed by atoms with van der Waals surface area (Å²) in [6.45, 7) is 2.18. The molecule has 1 fully saturated rings. The molecule has 0 spiro atoms. The van der Waals surface area contributed by atoms with Gasteiger partial charge in [0.1, 0.15) is 11.6 Å². The van der Waals surface area contributed by atoms with E-state index >= 15 is 0 Å². The lowest BCUT2D eigenvalue weighted by Crippen LogP contribution is -2.25. The van der Waals surface area contributed by atoms with Crippen LogP contribution in [0.4, 0.5) is 14.5 Å². The molecule has 5 heteroatoms. The Kier molecular flexibility index (Phi) is 4.02. The van der Waals surface area contributed by atoms with E-state index in [0.717, 1.165) is 31.7 Å². The molecule has 0 aliphatic heterocycles. The number of anilines is 1. The first-order valence-electron chi connectivity index (χ1n) is 6.46. The summed E-state index contributed by atoms with van der Waals surface area (Å²) in [4.78, 5) is 10.8. The molecule has 0 atom stereocenters.